The molecule has 0 radical (unpaired) electrons. The number of alkyl halides is 3. The number of amides is 1. The summed E-state index contributed by atoms with van der Waals surface area (Å²) in [4.78, 5) is 12.8. The summed E-state index contributed by atoms with van der Waals surface area (Å²) in [5.74, 6) is -0.199. The van der Waals surface area contributed by atoms with Crippen molar-refractivity contribution in [2.24, 2.45) is 0 Å². The Balaban J connectivity index is 1.40. The highest BCUT2D eigenvalue weighted by Gasteiger charge is 2.47. The molecule has 2 atom stereocenters. The van der Waals surface area contributed by atoms with E-state index in [9.17, 15) is 18.0 Å². The van der Waals surface area contributed by atoms with E-state index < -0.39 is 24.2 Å². The Morgan fingerprint density at radius 2 is 1.97 bits per heavy atom. The first kappa shape index (κ1) is 21.2. The Bertz CT molecular complexity index is 1280. The van der Waals surface area contributed by atoms with E-state index in [2.05, 4.69) is 15.7 Å². The Morgan fingerprint density at radius 3 is 2.64 bits per heavy atom. The van der Waals surface area contributed by atoms with E-state index in [1.165, 1.54) is 12.3 Å². The summed E-state index contributed by atoms with van der Waals surface area (Å²) in [6.07, 6.45) is 0.188. The van der Waals surface area contributed by atoms with Gasteiger partial charge in [-0.15, -0.1) is 0 Å². The molecule has 0 saturated carbocycles. The van der Waals surface area contributed by atoms with Gasteiger partial charge in [-0.2, -0.15) is 18.3 Å². The number of benzene rings is 1. The lowest BCUT2D eigenvalue weighted by molar-refractivity contribution is -0.174. The van der Waals surface area contributed by atoms with Crippen LogP contribution in [0, 0.1) is 0 Å². The van der Waals surface area contributed by atoms with Gasteiger partial charge in [0, 0.05) is 30.6 Å². The highest BCUT2D eigenvalue weighted by Crippen LogP contribution is 2.43. The second kappa shape index (κ2) is 8.04. The maximum atomic E-state index is 13.8. The molecule has 3 aromatic heterocycles. The zero-order chi connectivity index (χ0) is 23.2. The summed E-state index contributed by atoms with van der Waals surface area (Å²) in [6.45, 7) is 0. The molecule has 4 aromatic rings. The lowest BCUT2D eigenvalue weighted by Crippen LogP contribution is -2.35. The molecule has 0 fully saturated rings. The number of furan rings is 1. The number of carbonyl (C=O) groups excluding carboxylic acids is 1. The number of nitrogens with one attached hydrogen (secondary N) is 2. The van der Waals surface area contributed by atoms with Crippen LogP contribution in [0.25, 0.3) is 5.69 Å². The van der Waals surface area contributed by atoms with Gasteiger partial charge >= 0.3 is 6.18 Å². The van der Waals surface area contributed by atoms with Crippen molar-refractivity contribution in [3.8, 4) is 5.69 Å². The predicted octanol–water partition coefficient (Wildman–Crippen LogP) is 5.83. The Morgan fingerprint density at radius 1 is 1.18 bits per heavy atom. The van der Waals surface area contributed by atoms with Crippen molar-refractivity contribution in [3.63, 3.8) is 0 Å². The van der Waals surface area contributed by atoms with Crippen LogP contribution in [-0.4, -0.2) is 26.4 Å². The highest BCUT2D eigenvalue weighted by molar-refractivity contribution is 6.32. The van der Waals surface area contributed by atoms with E-state index in [1.54, 1.807) is 30.3 Å². The molecule has 1 aliphatic heterocycles. The molecule has 0 spiro atoms. The molecule has 11 heteroatoms. The quantitative estimate of drug-likeness (QED) is 0.389. The summed E-state index contributed by atoms with van der Waals surface area (Å²) in [7, 11) is 0. The molecule has 1 aliphatic rings. The summed E-state index contributed by atoms with van der Waals surface area (Å²) < 4.78 is 49.2. The first-order valence-electron chi connectivity index (χ1n) is 10.00. The van der Waals surface area contributed by atoms with Gasteiger partial charge in [0.25, 0.3) is 5.91 Å². The smallest absolute Gasteiger partial charge is 0.410 e. The molecule has 1 amide bonds. The van der Waals surface area contributed by atoms with Crippen LogP contribution in [-0.2, 0) is 0 Å². The molecule has 0 bridgehead atoms. The van der Waals surface area contributed by atoms with Crippen LogP contribution < -0.4 is 10.6 Å². The normalized spacial score (nSPS) is 17.9. The summed E-state index contributed by atoms with van der Waals surface area (Å²) in [5, 5.41) is 9.95. The molecule has 4 heterocycles. The Hall–Kier alpha value is -3.66. The van der Waals surface area contributed by atoms with Crippen molar-refractivity contribution in [1.82, 2.24) is 14.3 Å². The fourth-order valence-electron chi connectivity index (χ4n) is 3.84. The van der Waals surface area contributed by atoms with Crippen molar-refractivity contribution in [1.29, 1.82) is 0 Å². The predicted molar refractivity (Wildman–Crippen MR) is 116 cm³/mol. The van der Waals surface area contributed by atoms with Crippen LogP contribution in [0.1, 0.15) is 34.8 Å². The van der Waals surface area contributed by atoms with Crippen molar-refractivity contribution in [3.05, 3.63) is 83.7 Å². The lowest BCUT2D eigenvalue weighted by Gasteiger charge is -2.32. The van der Waals surface area contributed by atoms with E-state index in [0.29, 0.717) is 16.5 Å². The minimum atomic E-state index is -4.55. The fourth-order valence-corrected chi connectivity index (χ4v) is 4.12. The minimum Gasteiger partial charge on any atom is -0.467 e. The largest absolute Gasteiger partial charge is 0.467 e. The Kier molecular flexibility index (Phi) is 5.16. The first-order valence-corrected chi connectivity index (χ1v) is 10.4. The van der Waals surface area contributed by atoms with Gasteiger partial charge in [-0.05, 0) is 42.5 Å². The molecule has 1 aromatic carbocycles. The molecular weight excluding hydrogens is 459 g/mol. The van der Waals surface area contributed by atoms with E-state index in [4.69, 9.17) is 16.0 Å². The maximum absolute atomic E-state index is 13.8. The van der Waals surface area contributed by atoms with Crippen molar-refractivity contribution in [2.45, 2.75) is 24.7 Å². The van der Waals surface area contributed by atoms with Gasteiger partial charge in [-0.1, -0.05) is 11.6 Å². The number of hydrogen-bond acceptors (Lipinski definition) is 4. The number of fused-ring (bicyclic) bond motifs is 1. The number of halogens is 4. The van der Waals surface area contributed by atoms with E-state index in [-0.39, 0.29) is 17.9 Å². The van der Waals surface area contributed by atoms with E-state index in [1.807, 2.05) is 29.1 Å². The molecule has 33 heavy (non-hydrogen) atoms. The van der Waals surface area contributed by atoms with Crippen LogP contribution in [0.4, 0.5) is 24.7 Å². The molecule has 0 aliphatic carbocycles. The topological polar surface area (TPSA) is 77.0 Å². The maximum Gasteiger partial charge on any atom is 0.410 e. The molecule has 170 valence electrons. The molecule has 0 saturated heterocycles. The van der Waals surface area contributed by atoms with Crippen LogP contribution in [0.15, 0.2) is 71.6 Å². The fraction of sp³-hybridized carbons (Fsp3) is 0.182. The van der Waals surface area contributed by atoms with Gasteiger partial charge < -0.3 is 19.6 Å². The highest BCUT2D eigenvalue weighted by atomic mass is 35.5. The van der Waals surface area contributed by atoms with Gasteiger partial charge in [0.1, 0.15) is 11.6 Å². The van der Waals surface area contributed by atoms with Crippen molar-refractivity contribution < 1.29 is 22.4 Å². The van der Waals surface area contributed by atoms with Crippen molar-refractivity contribution in [2.75, 3.05) is 10.6 Å². The third-order valence-electron chi connectivity index (χ3n) is 5.40. The third-order valence-corrected chi connectivity index (χ3v) is 5.70. The van der Waals surface area contributed by atoms with Crippen LogP contribution in [0.3, 0.4) is 0 Å². The number of hydrogen-bond donors (Lipinski definition) is 2. The standard InChI is InChI=1S/C22H17ClF3N5O2/c23-14-10-13(5-6-17(14)30-7-1-2-8-30)27-21(32)16-12-20-28-15(18-4-3-9-33-18)11-19(22(24,25)26)31(20)29-16/h1-10,12,15,19,28H,11H2,(H,27,32). The van der Waals surface area contributed by atoms with Gasteiger partial charge in [0.2, 0.25) is 0 Å². The Labute approximate surface area is 190 Å². The number of nitrogens with zero attached hydrogens (tertiary/aromatic N) is 3. The van der Waals surface area contributed by atoms with Gasteiger partial charge in [0.15, 0.2) is 11.7 Å². The lowest BCUT2D eigenvalue weighted by atomic mass is 10.0. The monoisotopic (exact) mass is 475 g/mol. The minimum absolute atomic E-state index is 0.0797. The number of rotatable bonds is 4. The van der Waals surface area contributed by atoms with E-state index >= 15 is 0 Å². The number of carbonyl (C=O) groups is 1. The molecule has 7 nitrogen and oxygen atoms in total. The third kappa shape index (κ3) is 4.09. The molecule has 2 unspecified atom stereocenters. The van der Waals surface area contributed by atoms with Crippen LogP contribution in [0.2, 0.25) is 5.02 Å². The number of aromatic nitrogens is 3. The second-order valence-electron chi connectivity index (χ2n) is 7.58. The van der Waals surface area contributed by atoms with E-state index in [0.717, 1.165) is 10.4 Å². The first-order chi connectivity index (χ1) is 15.8. The average Bonchev–Trinajstić information content (AvgIpc) is 3.53. The van der Waals surface area contributed by atoms with Crippen LogP contribution in [0.5, 0.6) is 0 Å². The van der Waals surface area contributed by atoms with Gasteiger partial charge in [0.05, 0.1) is 23.0 Å². The molecule has 2 N–H and O–H groups in total. The second-order valence-corrected chi connectivity index (χ2v) is 7.98. The zero-order valence-corrected chi connectivity index (χ0v) is 17.6. The molecule has 5 rings (SSSR count). The zero-order valence-electron chi connectivity index (χ0n) is 16.9. The summed E-state index contributed by atoms with van der Waals surface area (Å²) >= 11 is 6.33. The summed E-state index contributed by atoms with van der Waals surface area (Å²) in [5.41, 5.74) is 0.955. The van der Waals surface area contributed by atoms with Crippen molar-refractivity contribution >= 4 is 29.0 Å². The average molecular weight is 476 g/mol. The SMILES string of the molecule is O=C(Nc1ccc(-n2cccc2)c(Cl)c1)c1cc2n(n1)C(C(F)(F)F)CC(c1ccco1)N2. The molecular formula is C22H17ClF3N5O2. The number of anilines is 2. The van der Waals surface area contributed by atoms with Gasteiger partial charge in [-0.25, -0.2) is 4.68 Å². The van der Waals surface area contributed by atoms with Gasteiger partial charge in [-0.3, -0.25) is 4.79 Å². The van der Waals surface area contributed by atoms with Crippen LogP contribution >= 0.6 is 11.6 Å². The summed E-state index contributed by atoms with van der Waals surface area (Å²) in [6, 6.07) is 10.5.